The van der Waals surface area contributed by atoms with Crippen LogP contribution in [-0.4, -0.2) is 22.8 Å². The van der Waals surface area contributed by atoms with Gasteiger partial charge in [-0.1, -0.05) is 6.07 Å². The Hall–Kier alpha value is -2.39. The van der Waals surface area contributed by atoms with Gasteiger partial charge in [-0.3, -0.25) is 4.40 Å². The molecule has 21 heavy (non-hydrogen) atoms. The highest BCUT2D eigenvalue weighted by Crippen LogP contribution is 2.19. The monoisotopic (exact) mass is 307 g/mol. The summed E-state index contributed by atoms with van der Waals surface area (Å²) >= 11 is 0. The number of pyridine rings is 1. The molecule has 0 aliphatic heterocycles. The number of nitrogen functional groups attached to an aromatic ring is 1. The lowest BCUT2D eigenvalue weighted by atomic mass is 10.5. The van der Waals surface area contributed by atoms with E-state index in [-0.39, 0.29) is 23.3 Å². The van der Waals surface area contributed by atoms with E-state index in [1.165, 1.54) is 10.6 Å². The van der Waals surface area contributed by atoms with Crippen molar-refractivity contribution in [1.82, 2.24) is 19.1 Å². The molecular formula is C12H13N5O3S. The van der Waals surface area contributed by atoms with Crippen molar-refractivity contribution in [3.05, 3.63) is 42.2 Å². The Labute approximate surface area is 120 Å². The van der Waals surface area contributed by atoms with Crippen molar-refractivity contribution < 1.29 is 12.8 Å². The predicted molar refractivity (Wildman–Crippen MR) is 74.9 cm³/mol. The lowest BCUT2D eigenvalue weighted by Crippen LogP contribution is -2.25. The first-order valence-corrected chi connectivity index (χ1v) is 7.59. The number of hydrogen-bond acceptors (Lipinski definition) is 6. The van der Waals surface area contributed by atoms with Gasteiger partial charge in [0.1, 0.15) is 11.4 Å². The molecule has 3 aromatic rings. The van der Waals surface area contributed by atoms with Gasteiger partial charge in [0.25, 0.3) is 10.0 Å². The molecule has 3 aromatic heterocycles. The molecule has 0 aliphatic rings. The Morgan fingerprint density at radius 1 is 1.43 bits per heavy atom. The van der Waals surface area contributed by atoms with Crippen LogP contribution < -0.4 is 10.5 Å². The predicted octanol–water partition coefficient (Wildman–Crippen LogP) is 0.691. The summed E-state index contributed by atoms with van der Waals surface area (Å²) < 4.78 is 33.8. The van der Waals surface area contributed by atoms with Crippen molar-refractivity contribution in [1.29, 1.82) is 0 Å². The molecule has 0 saturated carbocycles. The number of nitrogens with zero attached hydrogens (tertiary/aromatic N) is 3. The summed E-state index contributed by atoms with van der Waals surface area (Å²) in [6, 6.07) is 5.12. The maximum Gasteiger partial charge on any atom is 0.260 e. The zero-order valence-corrected chi connectivity index (χ0v) is 12.0. The van der Waals surface area contributed by atoms with Crippen molar-refractivity contribution in [3.8, 4) is 0 Å². The molecule has 0 fully saturated rings. The summed E-state index contributed by atoms with van der Waals surface area (Å²) in [5.41, 5.74) is 6.18. The van der Waals surface area contributed by atoms with Crippen LogP contribution in [0.2, 0.25) is 0 Å². The second-order valence-corrected chi connectivity index (χ2v) is 6.10. The normalized spacial score (nSPS) is 12.0. The molecule has 110 valence electrons. The second-order valence-electron chi connectivity index (χ2n) is 4.42. The summed E-state index contributed by atoms with van der Waals surface area (Å²) in [7, 11) is -3.84. The summed E-state index contributed by atoms with van der Waals surface area (Å²) in [5, 5.41) is -0.0959. The first kappa shape index (κ1) is 13.6. The van der Waals surface area contributed by atoms with E-state index in [9.17, 15) is 8.42 Å². The average Bonchev–Trinajstić information content (AvgIpc) is 2.99. The first-order chi connectivity index (χ1) is 9.97. The van der Waals surface area contributed by atoms with E-state index in [4.69, 9.17) is 10.2 Å². The quantitative estimate of drug-likeness (QED) is 0.732. The average molecular weight is 307 g/mol. The molecule has 0 aromatic carbocycles. The largest absolute Gasteiger partial charge is 0.445 e. The number of nitrogens with one attached hydrogen (secondary N) is 1. The van der Waals surface area contributed by atoms with Crippen molar-refractivity contribution in [3.63, 3.8) is 0 Å². The van der Waals surface area contributed by atoms with Gasteiger partial charge in [0.2, 0.25) is 5.89 Å². The smallest absolute Gasteiger partial charge is 0.260 e. The van der Waals surface area contributed by atoms with Crippen LogP contribution in [0, 0.1) is 6.92 Å². The number of fused-ring (bicyclic) bond motifs is 1. The Kier molecular flexibility index (Phi) is 3.15. The van der Waals surface area contributed by atoms with Gasteiger partial charge in [-0.2, -0.15) is 0 Å². The number of rotatable bonds is 4. The highest BCUT2D eigenvalue weighted by atomic mass is 32.2. The number of anilines is 1. The Morgan fingerprint density at radius 2 is 2.24 bits per heavy atom. The van der Waals surface area contributed by atoms with Crippen LogP contribution in [0.25, 0.3) is 5.65 Å². The Bertz CT molecular complexity index is 897. The van der Waals surface area contributed by atoms with Crippen LogP contribution in [0.3, 0.4) is 0 Å². The molecule has 9 heteroatoms. The molecular weight excluding hydrogens is 294 g/mol. The molecule has 0 radical (unpaired) electrons. The van der Waals surface area contributed by atoms with E-state index in [0.29, 0.717) is 11.4 Å². The van der Waals surface area contributed by atoms with Gasteiger partial charge >= 0.3 is 0 Å². The van der Waals surface area contributed by atoms with Gasteiger partial charge in [0.05, 0.1) is 12.7 Å². The van der Waals surface area contributed by atoms with Crippen LogP contribution in [-0.2, 0) is 16.6 Å². The molecule has 0 aliphatic carbocycles. The highest BCUT2D eigenvalue weighted by Gasteiger charge is 2.24. The standard InChI is InChI=1S/C12H13N5O3S/c1-8-6-14-10(20-8)7-15-21(18,19)12-11(13)16-9-4-2-3-5-17(9)12/h2-6,15H,7,13H2,1H3. The van der Waals surface area contributed by atoms with Crippen LogP contribution in [0.1, 0.15) is 11.7 Å². The first-order valence-electron chi connectivity index (χ1n) is 6.11. The van der Waals surface area contributed by atoms with Crippen molar-refractivity contribution in [2.45, 2.75) is 18.5 Å². The van der Waals surface area contributed by atoms with Gasteiger partial charge in [-0.15, -0.1) is 0 Å². The number of nitrogens with two attached hydrogens (primary N) is 1. The number of aryl methyl sites for hydroxylation is 1. The fourth-order valence-electron chi connectivity index (χ4n) is 1.97. The minimum atomic E-state index is -3.84. The van der Waals surface area contributed by atoms with Gasteiger partial charge in [0, 0.05) is 6.20 Å². The fourth-order valence-corrected chi connectivity index (χ4v) is 3.15. The van der Waals surface area contributed by atoms with E-state index < -0.39 is 10.0 Å². The maximum absolute atomic E-state index is 12.4. The summed E-state index contributed by atoms with van der Waals surface area (Å²) in [5.74, 6) is 0.833. The van der Waals surface area contributed by atoms with Crippen LogP contribution in [0.5, 0.6) is 0 Å². The van der Waals surface area contributed by atoms with Crippen molar-refractivity contribution in [2.24, 2.45) is 0 Å². The van der Waals surface area contributed by atoms with E-state index in [0.717, 1.165) is 0 Å². The number of oxazole rings is 1. The SMILES string of the molecule is Cc1cnc(CNS(=O)(=O)c2c(N)nc3ccccn23)o1. The third-order valence-corrected chi connectivity index (χ3v) is 4.29. The van der Waals surface area contributed by atoms with E-state index in [1.54, 1.807) is 31.3 Å². The molecule has 8 nitrogen and oxygen atoms in total. The molecule has 0 atom stereocenters. The Morgan fingerprint density at radius 3 is 2.95 bits per heavy atom. The summed E-state index contributed by atoms with van der Waals surface area (Å²) in [6.07, 6.45) is 3.11. The molecule has 3 N–H and O–H groups in total. The lowest BCUT2D eigenvalue weighted by Gasteiger charge is -2.05. The zero-order valence-electron chi connectivity index (χ0n) is 11.1. The van der Waals surface area contributed by atoms with Gasteiger partial charge < -0.3 is 10.2 Å². The molecule has 3 rings (SSSR count). The molecule has 0 unspecified atom stereocenters. The van der Waals surface area contributed by atoms with E-state index in [2.05, 4.69) is 14.7 Å². The molecule has 0 saturated heterocycles. The highest BCUT2D eigenvalue weighted by molar-refractivity contribution is 7.89. The number of aromatic nitrogens is 3. The zero-order chi connectivity index (χ0) is 15.0. The summed E-state index contributed by atoms with van der Waals surface area (Å²) in [6.45, 7) is 1.67. The van der Waals surface area contributed by atoms with Gasteiger partial charge in [-0.05, 0) is 19.1 Å². The number of imidazole rings is 1. The molecule has 0 amide bonds. The van der Waals surface area contributed by atoms with E-state index in [1.807, 2.05) is 0 Å². The minimum Gasteiger partial charge on any atom is -0.445 e. The molecule has 3 heterocycles. The third kappa shape index (κ3) is 2.48. The van der Waals surface area contributed by atoms with Crippen LogP contribution in [0.4, 0.5) is 5.82 Å². The van der Waals surface area contributed by atoms with Crippen molar-refractivity contribution in [2.75, 3.05) is 5.73 Å². The van der Waals surface area contributed by atoms with E-state index >= 15 is 0 Å². The molecule has 0 bridgehead atoms. The van der Waals surface area contributed by atoms with Crippen molar-refractivity contribution >= 4 is 21.5 Å². The molecule has 0 spiro atoms. The minimum absolute atomic E-state index is 0.0581. The van der Waals surface area contributed by atoms with Gasteiger partial charge in [0.15, 0.2) is 10.8 Å². The summed E-state index contributed by atoms with van der Waals surface area (Å²) in [4.78, 5) is 7.96. The maximum atomic E-state index is 12.4. The third-order valence-electron chi connectivity index (χ3n) is 2.85. The fraction of sp³-hybridized carbons (Fsp3) is 0.167. The topological polar surface area (TPSA) is 116 Å². The number of sulfonamides is 1. The van der Waals surface area contributed by atoms with Crippen LogP contribution in [0.15, 0.2) is 40.0 Å². The number of hydrogen-bond donors (Lipinski definition) is 2. The van der Waals surface area contributed by atoms with Crippen LogP contribution >= 0.6 is 0 Å². The second kappa shape index (κ2) is 4.86. The lowest BCUT2D eigenvalue weighted by molar-refractivity contribution is 0.463. The Balaban J connectivity index is 1.95. The van der Waals surface area contributed by atoms with Gasteiger partial charge in [-0.25, -0.2) is 23.1 Å².